The van der Waals surface area contributed by atoms with E-state index in [1.807, 2.05) is 68.4 Å². The van der Waals surface area contributed by atoms with Crippen LogP contribution in [0.15, 0.2) is 68.9 Å². The summed E-state index contributed by atoms with van der Waals surface area (Å²) in [5.74, 6) is 1.09. The predicted molar refractivity (Wildman–Crippen MR) is 112 cm³/mol. The Balaban J connectivity index is 1.58. The molecule has 2 aromatic carbocycles. The fraction of sp³-hybridized carbons (Fsp3) is 0.0909. The molecule has 3 aromatic rings. The minimum absolute atomic E-state index is 0.243. The largest absolute Gasteiger partial charge is 0.457 e. The van der Waals surface area contributed by atoms with E-state index in [-0.39, 0.29) is 5.91 Å². The van der Waals surface area contributed by atoms with Gasteiger partial charge in [-0.15, -0.1) is 0 Å². The first-order valence-corrected chi connectivity index (χ1v) is 9.65. The molecule has 134 valence electrons. The minimum atomic E-state index is -0.243. The van der Waals surface area contributed by atoms with Crippen molar-refractivity contribution in [3.8, 4) is 11.3 Å². The molecule has 0 N–H and O–H groups in total. The minimum Gasteiger partial charge on any atom is -0.457 e. The molecule has 3 nitrogen and oxygen atoms in total. The number of aliphatic imine (C=N–C) groups is 1. The van der Waals surface area contributed by atoms with E-state index >= 15 is 0 Å². The van der Waals surface area contributed by atoms with Crippen LogP contribution in [0.4, 0.5) is 0 Å². The third-order valence-corrected chi connectivity index (χ3v) is 5.55. The Hall–Kier alpha value is -2.56. The maximum atomic E-state index is 12.3. The lowest BCUT2D eigenvalue weighted by Gasteiger charge is -2.02. The number of carbonyl (C=O) groups is 1. The van der Waals surface area contributed by atoms with Gasteiger partial charge in [0.1, 0.15) is 16.6 Å². The standard InChI is InChI=1S/C22H16ClNO2S/c1-13-3-6-15(7-4-13)22-24-21(25)20(27-22)12-17-9-10-19(26-17)18-11-16(23)8-5-14(18)2/h3-12H,1-2H3. The van der Waals surface area contributed by atoms with E-state index < -0.39 is 0 Å². The lowest BCUT2D eigenvalue weighted by atomic mass is 10.1. The summed E-state index contributed by atoms with van der Waals surface area (Å²) in [7, 11) is 0. The Kier molecular flexibility index (Phi) is 4.77. The molecule has 1 aromatic heterocycles. The second kappa shape index (κ2) is 7.22. The smallest absolute Gasteiger partial charge is 0.285 e. The van der Waals surface area contributed by atoms with Crippen LogP contribution in [0.25, 0.3) is 17.4 Å². The number of furan rings is 1. The van der Waals surface area contributed by atoms with E-state index in [2.05, 4.69) is 4.99 Å². The van der Waals surface area contributed by atoms with Crippen LogP contribution in [0.5, 0.6) is 0 Å². The SMILES string of the molecule is Cc1ccc(C2=NC(=O)C(=Cc3ccc(-c4cc(Cl)ccc4C)o3)S2)cc1. The molecule has 5 heteroatoms. The molecule has 0 aliphatic carbocycles. The third-order valence-electron chi connectivity index (χ3n) is 4.28. The summed E-state index contributed by atoms with van der Waals surface area (Å²) in [6.07, 6.45) is 1.74. The maximum absolute atomic E-state index is 12.3. The lowest BCUT2D eigenvalue weighted by molar-refractivity contribution is -0.113. The van der Waals surface area contributed by atoms with Gasteiger partial charge >= 0.3 is 0 Å². The molecule has 0 bridgehead atoms. The van der Waals surface area contributed by atoms with Gasteiger partial charge in [0.05, 0.1) is 4.91 Å². The molecule has 2 heterocycles. The number of aryl methyl sites for hydroxylation is 2. The van der Waals surface area contributed by atoms with Gasteiger partial charge in [0.2, 0.25) is 0 Å². The molecular formula is C22H16ClNO2S. The summed E-state index contributed by atoms with van der Waals surface area (Å²) in [5, 5.41) is 1.37. The van der Waals surface area contributed by atoms with Gasteiger partial charge in [0.25, 0.3) is 5.91 Å². The zero-order valence-corrected chi connectivity index (χ0v) is 16.4. The van der Waals surface area contributed by atoms with Gasteiger partial charge in [-0.05, 0) is 43.7 Å². The van der Waals surface area contributed by atoms with Crippen molar-refractivity contribution in [2.24, 2.45) is 4.99 Å². The molecule has 0 atom stereocenters. The first-order chi connectivity index (χ1) is 13.0. The van der Waals surface area contributed by atoms with Crippen LogP contribution in [0.2, 0.25) is 5.02 Å². The van der Waals surface area contributed by atoms with Crippen molar-refractivity contribution in [3.63, 3.8) is 0 Å². The van der Waals surface area contributed by atoms with Crippen LogP contribution in [0, 0.1) is 13.8 Å². The first kappa shape index (κ1) is 17.8. The molecule has 1 aliphatic heterocycles. The molecule has 27 heavy (non-hydrogen) atoms. The molecule has 1 aliphatic rings. The summed E-state index contributed by atoms with van der Waals surface area (Å²) in [5.41, 5.74) is 4.12. The number of hydrogen-bond acceptors (Lipinski definition) is 3. The number of hydrogen-bond donors (Lipinski definition) is 0. The highest BCUT2D eigenvalue weighted by molar-refractivity contribution is 8.19. The monoisotopic (exact) mass is 393 g/mol. The molecule has 4 rings (SSSR count). The first-order valence-electron chi connectivity index (χ1n) is 8.45. The Morgan fingerprint density at radius 2 is 1.81 bits per heavy atom. The van der Waals surface area contributed by atoms with Crippen molar-refractivity contribution in [1.82, 2.24) is 0 Å². The predicted octanol–water partition coefficient (Wildman–Crippen LogP) is 6.28. The number of carbonyl (C=O) groups excluding carboxylic acids is 1. The molecule has 0 saturated heterocycles. The highest BCUT2D eigenvalue weighted by atomic mass is 35.5. The second-order valence-corrected chi connectivity index (χ2v) is 7.83. The van der Waals surface area contributed by atoms with Crippen molar-refractivity contribution < 1.29 is 9.21 Å². The fourth-order valence-electron chi connectivity index (χ4n) is 2.79. The van der Waals surface area contributed by atoms with Crippen LogP contribution in [0.3, 0.4) is 0 Å². The van der Waals surface area contributed by atoms with Gasteiger partial charge in [-0.3, -0.25) is 4.79 Å². The molecule has 0 fully saturated rings. The Morgan fingerprint density at radius 3 is 2.59 bits per heavy atom. The highest BCUT2D eigenvalue weighted by Crippen LogP contribution is 2.34. The maximum Gasteiger partial charge on any atom is 0.285 e. The molecule has 0 spiro atoms. The van der Waals surface area contributed by atoms with Crippen molar-refractivity contribution in [2.75, 3.05) is 0 Å². The van der Waals surface area contributed by atoms with Crippen LogP contribution in [-0.4, -0.2) is 11.0 Å². The van der Waals surface area contributed by atoms with Crippen LogP contribution in [0.1, 0.15) is 22.5 Å². The number of halogens is 1. The fourth-order valence-corrected chi connectivity index (χ4v) is 3.86. The van der Waals surface area contributed by atoms with Gasteiger partial charge in [0, 0.05) is 22.2 Å². The van der Waals surface area contributed by atoms with E-state index in [1.54, 1.807) is 6.08 Å². The summed E-state index contributed by atoms with van der Waals surface area (Å²) in [6.45, 7) is 4.03. The van der Waals surface area contributed by atoms with Crippen molar-refractivity contribution >= 4 is 40.4 Å². The van der Waals surface area contributed by atoms with Gasteiger partial charge in [-0.1, -0.05) is 59.3 Å². The van der Waals surface area contributed by atoms with E-state index in [0.29, 0.717) is 20.7 Å². The van der Waals surface area contributed by atoms with E-state index in [4.69, 9.17) is 16.0 Å². The molecule has 0 saturated carbocycles. The zero-order valence-electron chi connectivity index (χ0n) is 14.8. The lowest BCUT2D eigenvalue weighted by Crippen LogP contribution is -1.90. The van der Waals surface area contributed by atoms with Gasteiger partial charge < -0.3 is 4.42 Å². The molecule has 1 amide bonds. The normalized spacial score (nSPS) is 15.4. The molecule has 0 unspecified atom stereocenters. The topological polar surface area (TPSA) is 42.6 Å². The van der Waals surface area contributed by atoms with E-state index in [0.717, 1.165) is 22.5 Å². The summed E-state index contributed by atoms with van der Waals surface area (Å²) < 4.78 is 5.92. The van der Waals surface area contributed by atoms with Gasteiger partial charge in [-0.2, -0.15) is 0 Å². The van der Waals surface area contributed by atoms with Crippen molar-refractivity contribution in [1.29, 1.82) is 0 Å². The summed E-state index contributed by atoms with van der Waals surface area (Å²) in [6, 6.07) is 17.4. The number of amides is 1. The average molecular weight is 394 g/mol. The van der Waals surface area contributed by atoms with Crippen LogP contribution >= 0.6 is 23.4 Å². The summed E-state index contributed by atoms with van der Waals surface area (Å²) in [4.78, 5) is 17.0. The number of rotatable bonds is 3. The molecular weight excluding hydrogens is 378 g/mol. The number of thioether (sulfide) groups is 1. The third kappa shape index (κ3) is 3.77. The van der Waals surface area contributed by atoms with E-state index in [1.165, 1.54) is 17.3 Å². The molecule has 0 radical (unpaired) electrons. The second-order valence-electron chi connectivity index (χ2n) is 6.36. The van der Waals surface area contributed by atoms with Gasteiger partial charge in [0.15, 0.2) is 0 Å². The zero-order chi connectivity index (χ0) is 19.0. The van der Waals surface area contributed by atoms with E-state index in [9.17, 15) is 4.79 Å². The number of nitrogens with zero attached hydrogens (tertiary/aromatic N) is 1. The Labute approximate surface area is 166 Å². The van der Waals surface area contributed by atoms with Crippen LogP contribution < -0.4 is 0 Å². The van der Waals surface area contributed by atoms with Crippen molar-refractivity contribution in [3.05, 3.63) is 87.0 Å². The summed E-state index contributed by atoms with van der Waals surface area (Å²) >= 11 is 7.46. The quantitative estimate of drug-likeness (QED) is 0.492. The number of benzene rings is 2. The van der Waals surface area contributed by atoms with Crippen LogP contribution in [-0.2, 0) is 4.79 Å². The Bertz CT molecular complexity index is 1090. The highest BCUT2D eigenvalue weighted by Gasteiger charge is 2.23. The van der Waals surface area contributed by atoms with Gasteiger partial charge in [-0.25, -0.2) is 4.99 Å². The van der Waals surface area contributed by atoms with Crippen molar-refractivity contribution in [2.45, 2.75) is 13.8 Å². The average Bonchev–Trinajstić information content (AvgIpc) is 3.25. The Morgan fingerprint density at radius 1 is 1.04 bits per heavy atom.